The number of furan rings is 1. The van der Waals surface area contributed by atoms with Crippen LogP contribution in [0.5, 0.6) is 0 Å². The van der Waals surface area contributed by atoms with Crippen molar-refractivity contribution in [3.63, 3.8) is 0 Å². The van der Waals surface area contributed by atoms with Gasteiger partial charge in [-0.2, -0.15) is 0 Å². The molecule has 1 unspecified atom stereocenters. The lowest BCUT2D eigenvalue weighted by molar-refractivity contribution is 0.0266. The van der Waals surface area contributed by atoms with Gasteiger partial charge in [-0.25, -0.2) is 0 Å². The zero-order valence-corrected chi connectivity index (χ0v) is 19.8. The molecule has 1 saturated heterocycles. The van der Waals surface area contributed by atoms with Gasteiger partial charge in [-0.1, -0.05) is 13.8 Å². The molecule has 1 aromatic heterocycles. The maximum absolute atomic E-state index is 12.4. The molecule has 0 radical (unpaired) electrons. The SMILES string of the molecule is CCNC(=NCCC(OCC)C(C)C)N1CCN(C(=O)c2ccco2)CC1.I. The Labute approximate surface area is 185 Å². The van der Waals surface area contributed by atoms with Gasteiger partial charge in [0.1, 0.15) is 0 Å². The van der Waals surface area contributed by atoms with Crippen LogP contribution in [0.25, 0.3) is 0 Å². The van der Waals surface area contributed by atoms with E-state index in [4.69, 9.17) is 14.1 Å². The van der Waals surface area contributed by atoms with Crippen molar-refractivity contribution in [3.8, 4) is 0 Å². The van der Waals surface area contributed by atoms with Crippen molar-refractivity contribution in [2.75, 3.05) is 45.9 Å². The van der Waals surface area contributed by atoms with Crippen LogP contribution in [0.1, 0.15) is 44.7 Å². The Morgan fingerprint density at radius 2 is 1.93 bits per heavy atom. The first-order valence-electron chi connectivity index (χ1n) is 10.0. The molecule has 2 heterocycles. The maximum atomic E-state index is 12.4. The van der Waals surface area contributed by atoms with Gasteiger partial charge < -0.3 is 24.3 Å². The summed E-state index contributed by atoms with van der Waals surface area (Å²) in [5.41, 5.74) is 0. The number of rotatable bonds is 8. The Kier molecular flexibility index (Phi) is 11.5. The molecule has 0 aromatic carbocycles. The van der Waals surface area contributed by atoms with E-state index in [1.165, 1.54) is 6.26 Å². The number of amides is 1. The number of ether oxygens (including phenoxy) is 1. The summed E-state index contributed by atoms with van der Waals surface area (Å²) in [6.45, 7) is 13.6. The molecule has 0 aliphatic carbocycles. The molecule has 1 atom stereocenters. The smallest absolute Gasteiger partial charge is 0.289 e. The van der Waals surface area contributed by atoms with Crippen LogP contribution in [-0.4, -0.2) is 73.6 Å². The first-order chi connectivity index (χ1) is 13.1. The monoisotopic (exact) mass is 506 g/mol. The number of halogens is 1. The van der Waals surface area contributed by atoms with E-state index >= 15 is 0 Å². The van der Waals surface area contributed by atoms with Crippen LogP contribution >= 0.6 is 24.0 Å². The molecule has 1 N–H and O–H groups in total. The molecule has 2 rings (SSSR count). The summed E-state index contributed by atoms with van der Waals surface area (Å²) in [6, 6.07) is 3.45. The molecule has 8 heteroatoms. The number of piperazine rings is 1. The lowest BCUT2D eigenvalue weighted by atomic mass is 10.0. The van der Waals surface area contributed by atoms with Gasteiger partial charge in [-0.05, 0) is 38.3 Å². The standard InChI is InChI=1S/C20H34N4O3.HI/c1-5-21-20(22-10-9-17(16(3)4)26-6-2)24-13-11-23(12-14-24)19(25)18-8-7-15-27-18;/h7-8,15-17H,5-6,9-14H2,1-4H3,(H,21,22);1H. The van der Waals surface area contributed by atoms with E-state index in [1.807, 2.05) is 11.8 Å². The summed E-state index contributed by atoms with van der Waals surface area (Å²) in [6.07, 6.45) is 2.69. The van der Waals surface area contributed by atoms with Gasteiger partial charge in [-0.15, -0.1) is 24.0 Å². The number of nitrogens with one attached hydrogen (secondary N) is 1. The highest BCUT2D eigenvalue weighted by molar-refractivity contribution is 14.0. The summed E-state index contributed by atoms with van der Waals surface area (Å²) < 4.78 is 11.0. The van der Waals surface area contributed by atoms with Gasteiger partial charge >= 0.3 is 0 Å². The van der Waals surface area contributed by atoms with E-state index in [2.05, 4.69) is 31.0 Å². The van der Waals surface area contributed by atoms with Crippen LogP contribution in [0, 0.1) is 5.92 Å². The highest BCUT2D eigenvalue weighted by atomic mass is 127. The van der Waals surface area contributed by atoms with Crippen molar-refractivity contribution in [3.05, 3.63) is 24.2 Å². The molecule has 0 saturated carbocycles. The second-order valence-electron chi connectivity index (χ2n) is 7.02. The first-order valence-corrected chi connectivity index (χ1v) is 10.0. The Morgan fingerprint density at radius 3 is 2.46 bits per heavy atom. The van der Waals surface area contributed by atoms with Crippen molar-refractivity contribution in [2.24, 2.45) is 10.9 Å². The van der Waals surface area contributed by atoms with Crippen LogP contribution in [0.2, 0.25) is 0 Å². The van der Waals surface area contributed by atoms with E-state index < -0.39 is 0 Å². The van der Waals surface area contributed by atoms with Crippen molar-refractivity contribution >= 4 is 35.8 Å². The van der Waals surface area contributed by atoms with Crippen molar-refractivity contribution < 1.29 is 13.9 Å². The van der Waals surface area contributed by atoms with Crippen LogP contribution in [0.3, 0.4) is 0 Å². The number of hydrogen-bond donors (Lipinski definition) is 1. The molecule has 1 fully saturated rings. The third-order valence-electron chi connectivity index (χ3n) is 4.73. The molecule has 7 nitrogen and oxygen atoms in total. The largest absolute Gasteiger partial charge is 0.459 e. The molecule has 1 aliphatic heterocycles. The fourth-order valence-corrected chi connectivity index (χ4v) is 3.22. The highest BCUT2D eigenvalue weighted by Gasteiger charge is 2.25. The average molecular weight is 506 g/mol. The molecule has 1 amide bonds. The van der Waals surface area contributed by atoms with Gasteiger partial charge in [0, 0.05) is 45.9 Å². The molecular weight excluding hydrogens is 471 g/mol. The molecule has 1 aromatic rings. The van der Waals surface area contributed by atoms with Gasteiger partial charge in [0.15, 0.2) is 11.7 Å². The minimum atomic E-state index is -0.0434. The van der Waals surface area contributed by atoms with E-state index in [0.717, 1.165) is 45.2 Å². The highest BCUT2D eigenvalue weighted by Crippen LogP contribution is 2.12. The van der Waals surface area contributed by atoms with Gasteiger partial charge in [-0.3, -0.25) is 9.79 Å². The number of nitrogens with zero attached hydrogens (tertiary/aromatic N) is 3. The Bertz CT molecular complexity index is 584. The lowest BCUT2D eigenvalue weighted by Crippen LogP contribution is -2.53. The number of guanidine groups is 1. The Balaban J connectivity index is 0.00000392. The fourth-order valence-electron chi connectivity index (χ4n) is 3.22. The molecule has 160 valence electrons. The van der Waals surface area contributed by atoms with Crippen molar-refractivity contribution in [1.29, 1.82) is 0 Å². The minimum absolute atomic E-state index is 0. The quantitative estimate of drug-likeness (QED) is 0.334. The zero-order valence-electron chi connectivity index (χ0n) is 17.5. The molecule has 28 heavy (non-hydrogen) atoms. The van der Waals surface area contributed by atoms with E-state index in [9.17, 15) is 4.79 Å². The maximum Gasteiger partial charge on any atom is 0.289 e. The van der Waals surface area contributed by atoms with Crippen LogP contribution in [-0.2, 0) is 4.74 Å². The molecule has 0 bridgehead atoms. The van der Waals surface area contributed by atoms with Crippen LogP contribution < -0.4 is 5.32 Å². The van der Waals surface area contributed by atoms with E-state index in [0.29, 0.717) is 24.8 Å². The Hall–Kier alpha value is -1.29. The summed E-state index contributed by atoms with van der Waals surface area (Å²) in [5, 5.41) is 3.37. The second-order valence-corrected chi connectivity index (χ2v) is 7.02. The number of carbonyl (C=O) groups excluding carboxylic acids is 1. The number of aliphatic imine (C=N–C) groups is 1. The van der Waals surface area contributed by atoms with E-state index in [1.54, 1.807) is 12.1 Å². The summed E-state index contributed by atoms with van der Waals surface area (Å²) in [5.74, 6) is 1.76. The van der Waals surface area contributed by atoms with Crippen LogP contribution in [0.15, 0.2) is 27.8 Å². The summed E-state index contributed by atoms with van der Waals surface area (Å²) >= 11 is 0. The Morgan fingerprint density at radius 1 is 1.25 bits per heavy atom. The number of hydrogen-bond acceptors (Lipinski definition) is 4. The van der Waals surface area contributed by atoms with E-state index in [-0.39, 0.29) is 36.0 Å². The minimum Gasteiger partial charge on any atom is -0.459 e. The first kappa shape index (κ1) is 24.7. The third kappa shape index (κ3) is 7.27. The summed E-state index contributed by atoms with van der Waals surface area (Å²) in [7, 11) is 0. The second kappa shape index (κ2) is 13.0. The predicted octanol–water partition coefficient (Wildman–Crippen LogP) is 3.07. The molecule has 1 aliphatic rings. The summed E-state index contributed by atoms with van der Waals surface area (Å²) in [4.78, 5) is 21.2. The normalized spacial score (nSPS) is 16.1. The average Bonchev–Trinajstić information content (AvgIpc) is 3.21. The topological polar surface area (TPSA) is 70.3 Å². The molecular formula is C20H35IN4O3. The number of carbonyl (C=O) groups is 1. The molecule has 0 spiro atoms. The third-order valence-corrected chi connectivity index (χ3v) is 4.73. The van der Waals surface area contributed by atoms with Crippen molar-refractivity contribution in [1.82, 2.24) is 15.1 Å². The van der Waals surface area contributed by atoms with Crippen molar-refractivity contribution in [2.45, 2.75) is 40.2 Å². The van der Waals surface area contributed by atoms with Gasteiger partial charge in [0.2, 0.25) is 0 Å². The predicted molar refractivity (Wildman–Crippen MR) is 122 cm³/mol. The fraction of sp³-hybridized carbons (Fsp3) is 0.700. The van der Waals surface area contributed by atoms with Gasteiger partial charge in [0.25, 0.3) is 5.91 Å². The lowest BCUT2D eigenvalue weighted by Gasteiger charge is -2.36. The zero-order chi connectivity index (χ0) is 19.6. The van der Waals surface area contributed by atoms with Gasteiger partial charge in [0.05, 0.1) is 12.4 Å². The van der Waals surface area contributed by atoms with Crippen LogP contribution in [0.4, 0.5) is 0 Å².